The minimum atomic E-state index is -0.0344. The summed E-state index contributed by atoms with van der Waals surface area (Å²) >= 11 is 0. The van der Waals surface area contributed by atoms with Crippen molar-refractivity contribution >= 4 is 11.7 Å². The lowest BCUT2D eigenvalue weighted by atomic mass is 10.1. The van der Waals surface area contributed by atoms with E-state index in [0.29, 0.717) is 32.3 Å². The average molecular weight is 304 g/mol. The highest BCUT2D eigenvalue weighted by Gasteiger charge is 2.39. The monoisotopic (exact) mass is 304 g/mol. The maximum Gasteiger partial charge on any atom is 0.322 e. The third-order valence-corrected chi connectivity index (χ3v) is 4.15. The third kappa shape index (κ3) is 3.71. The number of morpholine rings is 1. The molecule has 22 heavy (non-hydrogen) atoms. The van der Waals surface area contributed by atoms with Crippen LogP contribution in [0.4, 0.5) is 10.5 Å². The summed E-state index contributed by atoms with van der Waals surface area (Å²) in [6.45, 7) is 4.71. The molecule has 1 aromatic rings. The van der Waals surface area contributed by atoms with Crippen molar-refractivity contribution in [1.29, 1.82) is 0 Å². The molecule has 3 rings (SSSR count). The highest BCUT2D eigenvalue weighted by Crippen LogP contribution is 2.36. The molecule has 5 heteroatoms. The fourth-order valence-electron chi connectivity index (χ4n) is 2.83. The third-order valence-electron chi connectivity index (χ3n) is 4.15. The van der Waals surface area contributed by atoms with E-state index in [2.05, 4.69) is 12.2 Å². The van der Waals surface area contributed by atoms with Gasteiger partial charge in [0.2, 0.25) is 0 Å². The minimum Gasteiger partial charge on any atom is -0.494 e. The van der Waals surface area contributed by atoms with Crippen molar-refractivity contribution in [3.63, 3.8) is 0 Å². The first-order valence-corrected chi connectivity index (χ1v) is 8.16. The molecule has 0 bridgehead atoms. The van der Waals surface area contributed by atoms with Crippen molar-refractivity contribution in [2.75, 3.05) is 31.7 Å². The summed E-state index contributed by atoms with van der Waals surface area (Å²) < 4.78 is 11.1. The normalized spacial score (nSPS) is 21.5. The molecule has 1 aliphatic carbocycles. The van der Waals surface area contributed by atoms with E-state index in [0.717, 1.165) is 17.9 Å². The van der Waals surface area contributed by atoms with E-state index in [4.69, 9.17) is 9.47 Å². The van der Waals surface area contributed by atoms with Gasteiger partial charge in [-0.25, -0.2) is 4.79 Å². The van der Waals surface area contributed by atoms with Crippen LogP contribution in [0.3, 0.4) is 0 Å². The van der Waals surface area contributed by atoms with Gasteiger partial charge in [-0.15, -0.1) is 0 Å². The second-order valence-corrected chi connectivity index (χ2v) is 5.98. The Bertz CT molecular complexity index is 516. The van der Waals surface area contributed by atoms with E-state index < -0.39 is 0 Å². The Kier molecular flexibility index (Phi) is 4.83. The molecule has 5 nitrogen and oxygen atoms in total. The summed E-state index contributed by atoms with van der Waals surface area (Å²) in [5.74, 6) is 1.41. The predicted molar refractivity (Wildman–Crippen MR) is 85.3 cm³/mol. The summed E-state index contributed by atoms with van der Waals surface area (Å²) in [6, 6.07) is 7.77. The van der Waals surface area contributed by atoms with Crippen molar-refractivity contribution in [1.82, 2.24) is 4.90 Å². The van der Waals surface area contributed by atoms with Crippen LogP contribution in [-0.2, 0) is 4.74 Å². The van der Waals surface area contributed by atoms with Gasteiger partial charge in [0.25, 0.3) is 0 Å². The van der Waals surface area contributed by atoms with Gasteiger partial charge in [0.15, 0.2) is 0 Å². The SMILES string of the molecule is CCCOc1cccc(NC(=O)N2CCOCC2C2CC2)c1. The highest BCUT2D eigenvalue weighted by atomic mass is 16.5. The van der Waals surface area contributed by atoms with E-state index >= 15 is 0 Å². The Labute approximate surface area is 131 Å². The maximum atomic E-state index is 12.6. The Hall–Kier alpha value is -1.75. The number of nitrogens with zero attached hydrogens (tertiary/aromatic N) is 1. The number of nitrogens with one attached hydrogen (secondary N) is 1. The number of ether oxygens (including phenoxy) is 2. The molecule has 1 aliphatic heterocycles. The average Bonchev–Trinajstić information content (AvgIpc) is 3.38. The summed E-state index contributed by atoms with van der Waals surface area (Å²) in [4.78, 5) is 14.5. The number of amides is 2. The van der Waals surface area contributed by atoms with Crippen LogP contribution in [0.5, 0.6) is 5.75 Å². The summed E-state index contributed by atoms with van der Waals surface area (Å²) in [5.41, 5.74) is 0.777. The Morgan fingerprint density at radius 1 is 1.45 bits per heavy atom. The zero-order valence-electron chi connectivity index (χ0n) is 13.1. The van der Waals surface area contributed by atoms with Crippen LogP contribution < -0.4 is 10.1 Å². The first-order valence-electron chi connectivity index (χ1n) is 8.16. The predicted octanol–water partition coefficient (Wildman–Crippen LogP) is 3.12. The topological polar surface area (TPSA) is 50.8 Å². The van der Waals surface area contributed by atoms with Crippen molar-refractivity contribution in [2.24, 2.45) is 5.92 Å². The Morgan fingerprint density at radius 3 is 3.09 bits per heavy atom. The van der Waals surface area contributed by atoms with E-state index in [1.54, 1.807) is 0 Å². The lowest BCUT2D eigenvalue weighted by Gasteiger charge is -2.35. The van der Waals surface area contributed by atoms with Crippen molar-refractivity contribution < 1.29 is 14.3 Å². The van der Waals surface area contributed by atoms with Gasteiger partial charge in [-0.3, -0.25) is 0 Å². The highest BCUT2D eigenvalue weighted by molar-refractivity contribution is 5.89. The van der Waals surface area contributed by atoms with E-state index in [1.807, 2.05) is 29.2 Å². The van der Waals surface area contributed by atoms with Crippen molar-refractivity contribution in [3.8, 4) is 5.75 Å². The summed E-state index contributed by atoms with van der Waals surface area (Å²) in [6.07, 6.45) is 3.38. The van der Waals surface area contributed by atoms with Gasteiger partial charge in [0.05, 0.1) is 25.9 Å². The number of benzene rings is 1. The van der Waals surface area contributed by atoms with Crippen LogP contribution in [0.1, 0.15) is 26.2 Å². The largest absolute Gasteiger partial charge is 0.494 e. The van der Waals surface area contributed by atoms with Crippen LogP contribution in [0.2, 0.25) is 0 Å². The van der Waals surface area contributed by atoms with Gasteiger partial charge < -0.3 is 19.7 Å². The molecule has 1 saturated carbocycles. The number of carbonyl (C=O) groups is 1. The molecule has 2 aliphatic rings. The summed E-state index contributed by atoms with van der Waals surface area (Å²) in [5, 5.41) is 2.99. The quantitative estimate of drug-likeness (QED) is 0.909. The molecule has 0 radical (unpaired) electrons. The van der Waals surface area contributed by atoms with Crippen LogP contribution >= 0.6 is 0 Å². The molecule has 1 unspecified atom stereocenters. The first kappa shape index (κ1) is 15.2. The molecule has 1 heterocycles. The number of hydrogen-bond donors (Lipinski definition) is 1. The molecule has 1 atom stereocenters. The molecule has 1 N–H and O–H groups in total. The number of anilines is 1. The van der Waals surface area contributed by atoms with Crippen LogP contribution in [-0.4, -0.2) is 43.3 Å². The molecule has 1 saturated heterocycles. The van der Waals surface area contributed by atoms with Crippen molar-refractivity contribution in [3.05, 3.63) is 24.3 Å². The lowest BCUT2D eigenvalue weighted by molar-refractivity contribution is 0.00773. The van der Waals surface area contributed by atoms with Gasteiger partial charge in [-0.1, -0.05) is 13.0 Å². The molecule has 2 amide bonds. The van der Waals surface area contributed by atoms with E-state index in [-0.39, 0.29) is 12.1 Å². The maximum absolute atomic E-state index is 12.6. The second kappa shape index (κ2) is 7.01. The number of rotatable bonds is 5. The number of urea groups is 1. The second-order valence-electron chi connectivity index (χ2n) is 5.98. The molecule has 0 spiro atoms. The minimum absolute atomic E-state index is 0.0344. The zero-order valence-corrected chi connectivity index (χ0v) is 13.1. The van der Waals surface area contributed by atoms with Crippen LogP contribution in [0.25, 0.3) is 0 Å². The fraction of sp³-hybridized carbons (Fsp3) is 0.588. The van der Waals surface area contributed by atoms with Crippen LogP contribution in [0, 0.1) is 5.92 Å². The van der Waals surface area contributed by atoms with Gasteiger partial charge in [0.1, 0.15) is 5.75 Å². The van der Waals surface area contributed by atoms with Gasteiger partial charge in [-0.05, 0) is 37.3 Å². The Balaban J connectivity index is 1.62. The fourth-order valence-corrected chi connectivity index (χ4v) is 2.83. The van der Waals surface area contributed by atoms with Crippen molar-refractivity contribution in [2.45, 2.75) is 32.2 Å². The zero-order chi connectivity index (χ0) is 15.4. The van der Waals surface area contributed by atoms with E-state index in [1.165, 1.54) is 12.8 Å². The number of hydrogen-bond acceptors (Lipinski definition) is 3. The number of carbonyl (C=O) groups excluding carboxylic acids is 1. The lowest BCUT2D eigenvalue weighted by Crippen LogP contribution is -2.51. The van der Waals surface area contributed by atoms with Gasteiger partial charge >= 0.3 is 6.03 Å². The van der Waals surface area contributed by atoms with E-state index in [9.17, 15) is 4.79 Å². The first-order chi connectivity index (χ1) is 10.8. The van der Waals surface area contributed by atoms with Crippen LogP contribution in [0.15, 0.2) is 24.3 Å². The Morgan fingerprint density at radius 2 is 2.32 bits per heavy atom. The van der Waals surface area contributed by atoms with Gasteiger partial charge in [0, 0.05) is 18.3 Å². The standard InChI is InChI=1S/C17H24N2O3/c1-2-9-22-15-5-3-4-14(11-15)18-17(20)19-8-10-21-12-16(19)13-6-7-13/h3-5,11,13,16H,2,6-10,12H2,1H3,(H,18,20). The molecular formula is C17H24N2O3. The smallest absolute Gasteiger partial charge is 0.322 e. The molecule has 120 valence electrons. The molecule has 2 fully saturated rings. The van der Waals surface area contributed by atoms with Gasteiger partial charge in [-0.2, -0.15) is 0 Å². The molecule has 1 aromatic carbocycles. The molecular weight excluding hydrogens is 280 g/mol. The molecule has 0 aromatic heterocycles. The summed E-state index contributed by atoms with van der Waals surface area (Å²) in [7, 11) is 0.